The van der Waals surface area contributed by atoms with E-state index in [9.17, 15) is 4.79 Å². The molecule has 1 saturated carbocycles. The summed E-state index contributed by atoms with van der Waals surface area (Å²) in [5.74, 6) is 0.789. The fourth-order valence-electron chi connectivity index (χ4n) is 3.00. The Hall–Kier alpha value is -0.570. The highest BCUT2D eigenvalue weighted by molar-refractivity contribution is 5.66. The molecule has 0 spiro atoms. The first kappa shape index (κ1) is 14.5. The maximum Gasteiger partial charge on any atom is 0.304 e. The Kier molecular flexibility index (Phi) is 5.44. The first-order chi connectivity index (χ1) is 7.91. The second-order valence-electron chi connectivity index (χ2n) is 5.94. The molecular formula is C14H27NO2. The van der Waals surface area contributed by atoms with Crippen molar-refractivity contribution in [3.63, 3.8) is 0 Å². The molecule has 17 heavy (non-hydrogen) atoms. The van der Waals surface area contributed by atoms with E-state index in [-0.39, 0.29) is 6.42 Å². The predicted molar refractivity (Wildman–Crippen MR) is 70.1 cm³/mol. The number of aliphatic carboxylic acids is 1. The third-order valence-corrected chi connectivity index (χ3v) is 4.09. The van der Waals surface area contributed by atoms with Gasteiger partial charge in [0.05, 0.1) is 6.42 Å². The molecule has 1 rings (SSSR count). The molecule has 1 aliphatic rings. The van der Waals surface area contributed by atoms with E-state index < -0.39 is 5.97 Å². The summed E-state index contributed by atoms with van der Waals surface area (Å²) >= 11 is 0. The van der Waals surface area contributed by atoms with Gasteiger partial charge in [0.15, 0.2) is 0 Å². The van der Waals surface area contributed by atoms with E-state index in [1.807, 2.05) is 0 Å². The van der Waals surface area contributed by atoms with Crippen molar-refractivity contribution in [2.75, 3.05) is 6.54 Å². The van der Waals surface area contributed by atoms with Gasteiger partial charge in [-0.3, -0.25) is 9.69 Å². The highest BCUT2D eigenvalue weighted by Crippen LogP contribution is 2.32. The summed E-state index contributed by atoms with van der Waals surface area (Å²) in [6.07, 6.45) is 4.08. The van der Waals surface area contributed by atoms with Gasteiger partial charge in [0.2, 0.25) is 0 Å². The minimum Gasteiger partial charge on any atom is -0.481 e. The van der Waals surface area contributed by atoms with E-state index >= 15 is 0 Å². The molecule has 3 unspecified atom stereocenters. The fourth-order valence-corrected chi connectivity index (χ4v) is 3.00. The Morgan fingerprint density at radius 1 is 1.35 bits per heavy atom. The van der Waals surface area contributed by atoms with Crippen LogP contribution < -0.4 is 0 Å². The zero-order valence-electron chi connectivity index (χ0n) is 11.6. The lowest BCUT2D eigenvalue weighted by atomic mass is 9.79. The molecule has 0 amide bonds. The number of carboxylic acids is 1. The summed E-state index contributed by atoms with van der Waals surface area (Å²) < 4.78 is 0. The number of hydrogen-bond acceptors (Lipinski definition) is 2. The lowest BCUT2D eigenvalue weighted by molar-refractivity contribution is -0.137. The summed E-state index contributed by atoms with van der Waals surface area (Å²) in [6, 6.07) is 1.00. The number of nitrogens with zero attached hydrogens (tertiary/aromatic N) is 1. The van der Waals surface area contributed by atoms with Crippen LogP contribution in [0.15, 0.2) is 0 Å². The van der Waals surface area contributed by atoms with Crippen molar-refractivity contribution in [1.29, 1.82) is 0 Å². The summed E-state index contributed by atoms with van der Waals surface area (Å²) in [4.78, 5) is 13.1. The molecule has 3 heteroatoms. The number of carboxylic acid groups (broad SMARTS) is 1. The van der Waals surface area contributed by atoms with Crippen LogP contribution in [0.5, 0.6) is 0 Å². The molecule has 0 aromatic heterocycles. The topological polar surface area (TPSA) is 40.5 Å². The van der Waals surface area contributed by atoms with Crippen LogP contribution in [0.4, 0.5) is 0 Å². The molecule has 0 aromatic rings. The van der Waals surface area contributed by atoms with Gasteiger partial charge in [-0.1, -0.05) is 20.3 Å². The minimum atomic E-state index is -0.688. The van der Waals surface area contributed by atoms with Crippen LogP contribution in [0.25, 0.3) is 0 Å². The highest BCUT2D eigenvalue weighted by Gasteiger charge is 2.31. The Morgan fingerprint density at radius 3 is 2.53 bits per heavy atom. The third kappa shape index (κ3) is 4.30. The average molecular weight is 241 g/mol. The lowest BCUT2D eigenvalue weighted by Crippen LogP contribution is -2.47. The van der Waals surface area contributed by atoms with Gasteiger partial charge < -0.3 is 5.11 Å². The molecule has 0 aromatic carbocycles. The van der Waals surface area contributed by atoms with Gasteiger partial charge in [0.1, 0.15) is 0 Å². The number of rotatable bonds is 5. The SMILES string of the molecule is CC1CCC(C)C(N(CCC(=O)O)C(C)C)C1. The van der Waals surface area contributed by atoms with Gasteiger partial charge in [0.25, 0.3) is 0 Å². The second kappa shape index (κ2) is 6.39. The zero-order chi connectivity index (χ0) is 13.0. The van der Waals surface area contributed by atoms with Crippen molar-refractivity contribution >= 4 is 5.97 Å². The Labute approximate surface area is 105 Å². The van der Waals surface area contributed by atoms with E-state index in [4.69, 9.17) is 5.11 Å². The van der Waals surface area contributed by atoms with Gasteiger partial charge in [-0.25, -0.2) is 0 Å². The molecule has 0 radical (unpaired) electrons. The summed E-state index contributed by atoms with van der Waals surface area (Å²) in [6.45, 7) is 9.66. The largest absolute Gasteiger partial charge is 0.481 e. The van der Waals surface area contributed by atoms with Gasteiger partial charge in [-0.05, 0) is 38.5 Å². The van der Waals surface area contributed by atoms with E-state index in [1.54, 1.807) is 0 Å². The van der Waals surface area contributed by atoms with Crippen molar-refractivity contribution < 1.29 is 9.90 Å². The van der Waals surface area contributed by atoms with Gasteiger partial charge in [0, 0.05) is 18.6 Å². The number of carbonyl (C=O) groups is 1. The van der Waals surface area contributed by atoms with Crippen LogP contribution in [0.2, 0.25) is 0 Å². The molecule has 0 heterocycles. The molecule has 0 saturated heterocycles. The van der Waals surface area contributed by atoms with E-state index in [2.05, 4.69) is 32.6 Å². The number of hydrogen-bond donors (Lipinski definition) is 1. The van der Waals surface area contributed by atoms with Crippen molar-refractivity contribution in [1.82, 2.24) is 4.90 Å². The van der Waals surface area contributed by atoms with Crippen LogP contribution in [-0.2, 0) is 4.79 Å². The van der Waals surface area contributed by atoms with Crippen LogP contribution in [0.3, 0.4) is 0 Å². The molecule has 0 aliphatic heterocycles. The van der Waals surface area contributed by atoms with Crippen LogP contribution in [0.1, 0.15) is 53.4 Å². The normalized spacial score (nSPS) is 29.9. The maximum absolute atomic E-state index is 10.7. The summed E-state index contributed by atoms with van der Waals surface area (Å²) in [5, 5.41) is 8.83. The Bertz CT molecular complexity index is 253. The van der Waals surface area contributed by atoms with Gasteiger partial charge >= 0.3 is 5.97 Å². The first-order valence-electron chi connectivity index (χ1n) is 6.89. The predicted octanol–water partition coefficient (Wildman–Crippen LogP) is 3.00. The first-order valence-corrected chi connectivity index (χ1v) is 6.89. The molecule has 1 N–H and O–H groups in total. The minimum absolute atomic E-state index is 0.260. The van der Waals surface area contributed by atoms with Crippen LogP contribution in [0, 0.1) is 11.8 Å². The molecule has 1 fully saturated rings. The van der Waals surface area contributed by atoms with Crippen molar-refractivity contribution in [2.45, 2.75) is 65.5 Å². The van der Waals surface area contributed by atoms with Crippen LogP contribution >= 0.6 is 0 Å². The fraction of sp³-hybridized carbons (Fsp3) is 0.929. The quantitative estimate of drug-likeness (QED) is 0.804. The lowest BCUT2D eigenvalue weighted by Gasteiger charge is -2.42. The highest BCUT2D eigenvalue weighted by atomic mass is 16.4. The van der Waals surface area contributed by atoms with Crippen molar-refractivity contribution in [3.8, 4) is 0 Å². The Balaban J connectivity index is 2.64. The molecular weight excluding hydrogens is 214 g/mol. The molecule has 100 valence electrons. The molecule has 3 nitrogen and oxygen atoms in total. The second-order valence-corrected chi connectivity index (χ2v) is 5.94. The third-order valence-electron chi connectivity index (χ3n) is 4.09. The summed E-state index contributed by atoms with van der Waals surface area (Å²) in [7, 11) is 0. The van der Waals surface area contributed by atoms with E-state index in [1.165, 1.54) is 19.3 Å². The standard InChI is InChI=1S/C14H27NO2/c1-10(2)15(8-7-14(16)17)13-9-11(3)5-6-12(13)4/h10-13H,5-9H2,1-4H3,(H,16,17). The van der Waals surface area contributed by atoms with E-state index in [0.717, 1.165) is 5.92 Å². The molecule has 3 atom stereocenters. The van der Waals surface area contributed by atoms with E-state index in [0.29, 0.717) is 24.5 Å². The molecule has 1 aliphatic carbocycles. The van der Waals surface area contributed by atoms with Gasteiger partial charge in [-0.15, -0.1) is 0 Å². The van der Waals surface area contributed by atoms with Crippen molar-refractivity contribution in [3.05, 3.63) is 0 Å². The van der Waals surface area contributed by atoms with Crippen LogP contribution in [-0.4, -0.2) is 34.6 Å². The monoisotopic (exact) mass is 241 g/mol. The molecule has 0 bridgehead atoms. The average Bonchev–Trinajstić information content (AvgIpc) is 2.22. The van der Waals surface area contributed by atoms with Gasteiger partial charge in [-0.2, -0.15) is 0 Å². The zero-order valence-corrected chi connectivity index (χ0v) is 11.6. The maximum atomic E-state index is 10.7. The van der Waals surface area contributed by atoms with Crippen molar-refractivity contribution in [2.24, 2.45) is 11.8 Å². The summed E-state index contributed by atoms with van der Waals surface area (Å²) in [5.41, 5.74) is 0. The smallest absolute Gasteiger partial charge is 0.304 e. The Morgan fingerprint density at radius 2 is 2.00 bits per heavy atom.